The molecule has 0 unspecified atom stereocenters. The van der Waals surface area contributed by atoms with Gasteiger partial charge in [0.05, 0.1) is 17.9 Å². The van der Waals surface area contributed by atoms with E-state index in [-0.39, 0.29) is 18.1 Å². The predicted octanol–water partition coefficient (Wildman–Crippen LogP) is 2.14. The van der Waals surface area contributed by atoms with Crippen molar-refractivity contribution in [3.8, 4) is 0 Å². The van der Waals surface area contributed by atoms with Crippen LogP contribution >= 0.6 is 0 Å². The van der Waals surface area contributed by atoms with Crippen molar-refractivity contribution in [2.45, 2.75) is 59.3 Å². The molecule has 2 aliphatic heterocycles. The number of amides is 1. The maximum atomic E-state index is 12.8. The smallest absolute Gasteiger partial charge is 0.225 e. The number of ether oxygens (including phenoxy) is 1. The fraction of sp³-hybridized carbons (Fsp3) is 0.778. The summed E-state index contributed by atoms with van der Waals surface area (Å²) in [5.41, 5.74) is 2.16. The van der Waals surface area contributed by atoms with Crippen molar-refractivity contribution < 1.29 is 14.1 Å². The second kappa shape index (κ2) is 7.23. The number of carbonyl (C=O) groups is 1. The lowest BCUT2D eigenvalue weighted by Gasteiger charge is -2.39. The second-order valence-electron chi connectivity index (χ2n) is 7.35. The summed E-state index contributed by atoms with van der Waals surface area (Å²) >= 11 is 0. The first-order chi connectivity index (χ1) is 11.4. The van der Waals surface area contributed by atoms with Crippen molar-refractivity contribution in [1.29, 1.82) is 0 Å². The van der Waals surface area contributed by atoms with Crippen LogP contribution in [0.1, 0.15) is 43.7 Å². The van der Waals surface area contributed by atoms with Gasteiger partial charge in [-0.15, -0.1) is 0 Å². The fourth-order valence-electron chi connectivity index (χ4n) is 3.91. The zero-order valence-electron chi connectivity index (χ0n) is 15.2. The monoisotopic (exact) mass is 335 g/mol. The van der Waals surface area contributed by atoms with Crippen molar-refractivity contribution in [2.75, 3.05) is 26.2 Å². The number of hydrogen-bond acceptors (Lipinski definition) is 5. The molecule has 0 aliphatic carbocycles. The van der Waals surface area contributed by atoms with E-state index in [2.05, 4.69) is 10.1 Å². The van der Waals surface area contributed by atoms with Gasteiger partial charge < -0.3 is 14.2 Å². The molecule has 2 fully saturated rings. The van der Waals surface area contributed by atoms with Crippen LogP contribution in [-0.4, -0.2) is 59.3 Å². The first kappa shape index (κ1) is 17.4. The summed E-state index contributed by atoms with van der Waals surface area (Å²) in [6.07, 6.45) is 2.14. The minimum Gasteiger partial charge on any atom is -0.372 e. The van der Waals surface area contributed by atoms with E-state index in [1.165, 1.54) is 5.56 Å². The number of rotatable bonds is 3. The molecule has 0 bridgehead atoms. The van der Waals surface area contributed by atoms with Gasteiger partial charge in [-0.05, 0) is 53.6 Å². The molecular weight excluding hydrogens is 306 g/mol. The Morgan fingerprint density at radius 1 is 1.17 bits per heavy atom. The van der Waals surface area contributed by atoms with Gasteiger partial charge in [0.25, 0.3) is 0 Å². The summed E-state index contributed by atoms with van der Waals surface area (Å²) in [5.74, 6) is 1.37. The summed E-state index contributed by atoms with van der Waals surface area (Å²) < 4.78 is 11.0. The Hall–Kier alpha value is -1.40. The highest BCUT2D eigenvalue weighted by molar-refractivity contribution is 5.79. The Balaban J connectivity index is 1.52. The molecule has 0 saturated carbocycles. The molecule has 0 aromatic carbocycles. The number of hydrogen-bond donors (Lipinski definition) is 0. The number of nitrogens with zero attached hydrogens (tertiary/aromatic N) is 3. The van der Waals surface area contributed by atoms with Crippen LogP contribution in [-0.2, 0) is 16.1 Å². The maximum Gasteiger partial charge on any atom is 0.225 e. The molecule has 134 valence electrons. The van der Waals surface area contributed by atoms with E-state index in [4.69, 9.17) is 9.26 Å². The molecule has 1 aromatic rings. The van der Waals surface area contributed by atoms with Gasteiger partial charge in [-0.3, -0.25) is 9.69 Å². The average Bonchev–Trinajstić information content (AvgIpc) is 2.86. The lowest BCUT2D eigenvalue weighted by molar-refractivity contribution is -0.148. The minimum atomic E-state index is 0.136. The minimum absolute atomic E-state index is 0.136. The third-order valence-corrected chi connectivity index (χ3v) is 5.23. The zero-order valence-corrected chi connectivity index (χ0v) is 15.2. The molecule has 24 heavy (non-hydrogen) atoms. The van der Waals surface area contributed by atoms with Crippen LogP contribution in [0.3, 0.4) is 0 Å². The van der Waals surface area contributed by atoms with Crippen molar-refractivity contribution in [3.05, 3.63) is 17.0 Å². The number of aryl methyl sites for hydroxylation is 2. The second-order valence-corrected chi connectivity index (χ2v) is 7.35. The maximum absolute atomic E-state index is 12.8. The number of piperidine rings is 1. The zero-order chi connectivity index (χ0) is 17.3. The van der Waals surface area contributed by atoms with Crippen molar-refractivity contribution in [3.63, 3.8) is 0 Å². The van der Waals surface area contributed by atoms with Gasteiger partial charge in [-0.1, -0.05) is 5.16 Å². The number of aromatic nitrogens is 1. The SMILES string of the molecule is Cc1noc(C)c1CN1CCC(C(=O)N2C[C@@H](C)O[C@H](C)C2)CC1. The lowest BCUT2D eigenvalue weighted by atomic mass is 9.94. The highest BCUT2D eigenvalue weighted by Gasteiger charge is 2.32. The van der Waals surface area contributed by atoms with Gasteiger partial charge in [0.2, 0.25) is 5.91 Å². The topological polar surface area (TPSA) is 58.8 Å². The van der Waals surface area contributed by atoms with Crippen LogP contribution in [0.15, 0.2) is 4.52 Å². The average molecular weight is 335 g/mol. The van der Waals surface area contributed by atoms with E-state index >= 15 is 0 Å². The van der Waals surface area contributed by atoms with E-state index in [1.807, 2.05) is 32.6 Å². The van der Waals surface area contributed by atoms with E-state index < -0.39 is 0 Å². The molecule has 3 heterocycles. The molecule has 0 radical (unpaired) electrons. The summed E-state index contributed by atoms with van der Waals surface area (Å²) in [5, 5.41) is 4.03. The molecule has 6 heteroatoms. The first-order valence-electron chi connectivity index (χ1n) is 9.02. The van der Waals surface area contributed by atoms with Gasteiger partial charge in [-0.25, -0.2) is 0 Å². The molecule has 2 saturated heterocycles. The van der Waals surface area contributed by atoms with Gasteiger partial charge in [0.1, 0.15) is 5.76 Å². The van der Waals surface area contributed by atoms with E-state index in [1.54, 1.807) is 0 Å². The van der Waals surface area contributed by atoms with Crippen molar-refractivity contribution in [1.82, 2.24) is 15.0 Å². The van der Waals surface area contributed by atoms with E-state index in [9.17, 15) is 4.79 Å². The Kier molecular flexibility index (Phi) is 5.25. The van der Waals surface area contributed by atoms with Gasteiger partial charge in [-0.2, -0.15) is 0 Å². The summed E-state index contributed by atoms with van der Waals surface area (Å²) in [7, 11) is 0. The number of morpholine rings is 1. The van der Waals surface area contributed by atoms with Crippen LogP contribution in [0.2, 0.25) is 0 Å². The Bertz CT molecular complexity index is 549. The molecular formula is C18H29N3O3. The van der Waals surface area contributed by atoms with Gasteiger partial charge >= 0.3 is 0 Å². The Morgan fingerprint density at radius 2 is 1.79 bits per heavy atom. The number of likely N-dealkylation sites (tertiary alicyclic amines) is 1. The van der Waals surface area contributed by atoms with Crippen LogP contribution in [0.5, 0.6) is 0 Å². The quantitative estimate of drug-likeness (QED) is 0.847. The molecule has 0 spiro atoms. The Labute approximate surface area is 144 Å². The predicted molar refractivity (Wildman–Crippen MR) is 90.6 cm³/mol. The highest BCUT2D eigenvalue weighted by Crippen LogP contribution is 2.24. The van der Waals surface area contributed by atoms with Gasteiger partial charge in [0.15, 0.2) is 0 Å². The molecule has 1 aromatic heterocycles. The summed E-state index contributed by atoms with van der Waals surface area (Å²) in [4.78, 5) is 17.2. The Morgan fingerprint density at radius 3 is 2.33 bits per heavy atom. The third-order valence-electron chi connectivity index (χ3n) is 5.23. The standard InChI is InChI=1S/C18H29N3O3/c1-12-9-21(10-13(2)23-12)18(22)16-5-7-20(8-6-16)11-17-14(3)19-24-15(17)4/h12-13,16H,5-11H2,1-4H3/t12-,13-/m1/s1. The summed E-state index contributed by atoms with van der Waals surface area (Å²) in [6, 6.07) is 0. The highest BCUT2D eigenvalue weighted by atomic mass is 16.5. The molecule has 1 amide bonds. The number of carbonyl (C=O) groups excluding carboxylic acids is 1. The van der Waals surface area contributed by atoms with E-state index in [0.717, 1.165) is 57.0 Å². The largest absolute Gasteiger partial charge is 0.372 e. The molecule has 2 aliphatic rings. The summed E-state index contributed by atoms with van der Waals surface area (Å²) in [6.45, 7) is 12.3. The van der Waals surface area contributed by atoms with E-state index in [0.29, 0.717) is 5.91 Å². The van der Waals surface area contributed by atoms with Crippen LogP contribution in [0, 0.1) is 19.8 Å². The molecule has 2 atom stereocenters. The van der Waals surface area contributed by atoms with Crippen LogP contribution in [0.25, 0.3) is 0 Å². The van der Waals surface area contributed by atoms with Crippen LogP contribution in [0.4, 0.5) is 0 Å². The van der Waals surface area contributed by atoms with Crippen molar-refractivity contribution >= 4 is 5.91 Å². The molecule has 6 nitrogen and oxygen atoms in total. The fourth-order valence-corrected chi connectivity index (χ4v) is 3.91. The lowest BCUT2D eigenvalue weighted by Crippen LogP contribution is -2.51. The normalized spacial score (nSPS) is 26.8. The molecule has 3 rings (SSSR count). The van der Waals surface area contributed by atoms with Gasteiger partial charge in [0, 0.05) is 31.1 Å². The van der Waals surface area contributed by atoms with Crippen molar-refractivity contribution in [2.24, 2.45) is 5.92 Å². The van der Waals surface area contributed by atoms with Crippen LogP contribution < -0.4 is 0 Å². The molecule has 0 N–H and O–H groups in total. The third kappa shape index (κ3) is 3.81. The first-order valence-corrected chi connectivity index (χ1v) is 9.02.